The van der Waals surface area contributed by atoms with E-state index in [1.54, 1.807) is 13.8 Å². The highest BCUT2D eigenvalue weighted by Gasteiger charge is 2.26. The highest BCUT2D eigenvalue weighted by molar-refractivity contribution is 7.18. The van der Waals surface area contributed by atoms with Gasteiger partial charge < -0.3 is 15.0 Å². The number of thiophene rings is 1. The molecule has 1 fully saturated rings. The fraction of sp³-hybridized carbons (Fsp3) is 0.562. The fourth-order valence-corrected chi connectivity index (χ4v) is 3.94. The second kappa shape index (κ2) is 7.70. The highest BCUT2D eigenvalue weighted by Crippen LogP contribution is 2.34. The number of likely N-dealkylation sites (tertiary alicyclic amines) is 1. The molecule has 7 heteroatoms. The molecule has 1 saturated heterocycles. The Kier molecular flexibility index (Phi) is 5.90. The van der Waals surface area contributed by atoms with E-state index in [0.717, 1.165) is 37.3 Å². The van der Waals surface area contributed by atoms with E-state index in [4.69, 9.17) is 4.74 Å². The van der Waals surface area contributed by atoms with Crippen LogP contribution in [0.25, 0.3) is 0 Å². The molecule has 0 aromatic carbocycles. The molecule has 1 aliphatic rings. The van der Waals surface area contributed by atoms with Crippen molar-refractivity contribution in [3.63, 3.8) is 0 Å². The third kappa shape index (κ3) is 4.17. The van der Waals surface area contributed by atoms with Crippen molar-refractivity contribution in [2.24, 2.45) is 0 Å². The normalized spacial score (nSPS) is 14.7. The summed E-state index contributed by atoms with van der Waals surface area (Å²) in [5.41, 5.74) is 0.872. The number of ketones is 1. The van der Waals surface area contributed by atoms with E-state index in [-0.39, 0.29) is 18.3 Å². The Bertz CT molecular complexity index is 618. The zero-order valence-corrected chi connectivity index (χ0v) is 14.6. The third-order valence-corrected chi connectivity index (χ3v) is 5.23. The SMILES string of the molecule is CCOC(=O)c1c(NC(=O)C[NH+]2CCCC2)sc(C(C)=O)c1C. The number of hydrogen-bond donors (Lipinski definition) is 2. The van der Waals surface area contributed by atoms with Crippen molar-refractivity contribution in [3.05, 3.63) is 16.0 Å². The van der Waals surface area contributed by atoms with E-state index in [1.807, 2.05) is 0 Å². The summed E-state index contributed by atoms with van der Waals surface area (Å²) in [5.74, 6) is -0.759. The van der Waals surface area contributed by atoms with Crippen LogP contribution in [0.3, 0.4) is 0 Å². The van der Waals surface area contributed by atoms with E-state index in [2.05, 4.69) is 5.32 Å². The van der Waals surface area contributed by atoms with Crippen molar-refractivity contribution in [1.82, 2.24) is 0 Å². The van der Waals surface area contributed by atoms with Gasteiger partial charge >= 0.3 is 5.97 Å². The Hall–Kier alpha value is -1.73. The number of rotatable bonds is 6. The van der Waals surface area contributed by atoms with Gasteiger partial charge in [-0.05, 0) is 26.3 Å². The van der Waals surface area contributed by atoms with Crippen LogP contribution < -0.4 is 10.2 Å². The molecule has 1 aliphatic heterocycles. The minimum Gasteiger partial charge on any atom is -0.462 e. The van der Waals surface area contributed by atoms with Gasteiger partial charge in [0.2, 0.25) is 0 Å². The zero-order chi connectivity index (χ0) is 17.0. The maximum atomic E-state index is 12.2. The molecule has 0 radical (unpaired) electrons. The predicted molar refractivity (Wildman–Crippen MR) is 88.4 cm³/mol. The van der Waals surface area contributed by atoms with Gasteiger partial charge in [0, 0.05) is 12.8 Å². The topological polar surface area (TPSA) is 76.9 Å². The number of Topliss-reactive ketones (excluding diaryl/α,β-unsaturated/α-hetero) is 1. The summed E-state index contributed by atoms with van der Waals surface area (Å²) in [4.78, 5) is 37.8. The fourth-order valence-electron chi connectivity index (χ4n) is 2.84. The highest BCUT2D eigenvalue weighted by atomic mass is 32.1. The summed E-state index contributed by atoms with van der Waals surface area (Å²) in [6.07, 6.45) is 2.28. The average Bonchev–Trinajstić information content (AvgIpc) is 3.07. The number of carbonyl (C=O) groups is 3. The van der Waals surface area contributed by atoms with Crippen LogP contribution in [0.4, 0.5) is 5.00 Å². The van der Waals surface area contributed by atoms with Crippen LogP contribution in [-0.4, -0.2) is 43.9 Å². The Balaban J connectivity index is 2.21. The van der Waals surface area contributed by atoms with Crippen LogP contribution >= 0.6 is 11.3 Å². The second-order valence-corrected chi connectivity index (χ2v) is 6.74. The summed E-state index contributed by atoms with van der Waals surface area (Å²) < 4.78 is 5.06. The molecule has 0 spiro atoms. The molecule has 1 aromatic heterocycles. The number of esters is 1. The molecule has 0 aliphatic carbocycles. The predicted octanol–water partition coefficient (Wildman–Crippen LogP) is 1.05. The zero-order valence-electron chi connectivity index (χ0n) is 13.8. The minimum absolute atomic E-state index is 0.122. The average molecular weight is 339 g/mol. The van der Waals surface area contributed by atoms with Gasteiger partial charge in [-0.1, -0.05) is 0 Å². The molecule has 0 saturated carbocycles. The molecule has 0 unspecified atom stereocenters. The standard InChI is InChI=1S/C16H22N2O4S/c1-4-22-16(21)13-10(2)14(11(3)19)23-15(13)17-12(20)9-18-7-5-6-8-18/h4-9H2,1-3H3,(H,17,20)/p+1. The van der Waals surface area contributed by atoms with Crippen molar-refractivity contribution in [2.75, 3.05) is 31.6 Å². The minimum atomic E-state index is -0.502. The van der Waals surface area contributed by atoms with Crippen LogP contribution in [0.15, 0.2) is 0 Å². The molecule has 2 heterocycles. The molecule has 1 aromatic rings. The number of hydrogen-bond acceptors (Lipinski definition) is 5. The Morgan fingerprint density at radius 1 is 1.26 bits per heavy atom. The van der Waals surface area contributed by atoms with Crippen molar-refractivity contribution < 1.29 is 24.0 Å². The van der Waals surface area contributed by atoms with E-state index in [0.29, 0.717) is 27.5 Å². The Morgan fingerprint density at radius 2 is 1.91 bits per heavy atom. The smallest absolute Gasteiger partial charge is 0.341 e. The van der Waals surface area contributed by atoms with Crippen LogP contribution in [0.1, 0.15) is 52.3 Å². The maximum absolute atomic E-state index is 12.2. The van der Waals surface area contributed by atoms with Gasteiger partial charge in [0.05, 0.1) is 30.1 Å². The summed E-state index contributed by atoms with van der Waals surface area (Å²) in [7, 11) is 0. The van der Waals surface area contributed by atoms with E-state index in [9.17, 15) is 14.4 Å². The third-order valence-electron chi connectivity index (χ3n) is 3.92. The van der Waals surface area contributed by atoms with Crippen molar-refractivity contribution in [3.8, 4) is 0 Å². The lowest BCUT2D eigenvalue weighted by Crippen LogP contribution is -3.11. The molecule has 6 nitrogen and oxygen atoms in total. The summed E-state index contributed by atoms with van der Waals surface area (Å²) >= 11 is 1.14. The van der Waals surface area contributed by atoms with Crippen LogP contribution in [-0.2, 0) is 9.53 Å². The quantitative estimate of drug-likeness (QED) is 0.600. The Morgan fingerprint density at radius 3 is 2.48 bits per heavy atom. The van der Waals surface area contributed by atoms with Gasteiger partial charge in [-0.25, -0.2) is 4.79 Å². The monoisotopic (exact) mass is 339 g/mol. The summed E-state index contributed by atoms with van der Waals surface area (Å²) in [6.45, 7) is 7.51. The first-order chi connectivity index (χ1) is 10.9. The summed E-state index contributed by atoms with van der Waals surface area (Å²) in [5, 5.41) is 3.21. The number of ether oxygens (including phenoxy) is 1. The van der Waals surface area contributed by atoms with E-state index in [1.165, 1.54) is 11.8 Å². The largest absolute Gasteiger partial charge is 0.462 e. The molecular weight excluding hydrogens is 316 g/mol. The van der Waals surface area contributed by atoms with Crippen molar-refractivity contribution >= 4 is 34.0 Å². The van der Waals surface area contributed by atoms with Gasteiger partial charge in [0.1, 0.15) is 5.00 Å². The number of carbonyl (C=O) groups excluding carboxylic acids is 3. The van der Waals surface area contributed by atoms with Crippen molar-refractivity contribution in [2.45, 2.75) is 33.6 Å². The van der Waals surface area contributed by atoms with Gasteiger partial charge in [-0.15, -0.1) is 11.3 Å². The lowest BCUT2D eigenvalue weighted by molar-refractivity contribution is -0.878. The molecule has 126 valence electrons. The molecular formula is C16H23N2O4S+. The first-order valence-corrected chi connectivity index (χ1v) is 8.70. The molecule has 2 rings (SSSR count). The first-order valence-electron chi connectivity index (χ1n) is 7.88. The van der Waals surface area contributed by atoms with E-state index >= 15 is 0 Å². The number of anilines is 1. The van der Waals surface area contributed by atoms with E-state index < -0.39 is 5.97 Å². The van der Waals surface area contributed by atoms with Crippen LogP contribution in [0.2, 0.25) is 0 Å². The van der Waals surface area contributed by atoms with Gasteiger partial charge in [0.15, 0.2) is 12.3 Å². The number of amides is 1. The number of quaternary nitrogens is 1. The van der Waals surface area contributed by atoms with Crippen LogP contribution in [0.5, 0.6) is 0 Å². The van der Waals surface area contributed by atoms with Crippen LogP contribution in [0, 0.1) is 6.92 Å². The molecule has 2 N–H and O–H groups in total. The second-order valence-electron chi connectivity index (χ2n) is 5.72. The molecule has 23 heavy (non-hydrogen) atoms. The molecule has 0 bridgehead atoms. The maximum Gasteiger partial charge on any atom is 0.341 e. The lowest BCUT2D eigenvalue weighted by Gasteiger charge is -2.12. The van der Waals surface area contributed by atoms with Gasteiger partial charge in [0.25, 0.3) is 5.91 Å². The molecule has 1 amide bonds. The summed E-state index contributed by atoms with van der Waals surface area (Å²) in [6, 6.07) is 0. The first kappa shape index (κ1) is 17.6. The molecule has 0 atom stereocenters. The van der Waals surface area contributed by atoms with Crippen molar-refractivity contribution in [1.29, 1.82) is 0 Å². The van der Waals surface area contributed by atoms with Gasteiger partial charge in [-0.2, -0.15) is 0 Å². The lowest BCUT2D eigenvalue weighted by atomic mass is 10.1. The number of nitrogens with one attached hydrogen (secondary N) is 2. The van der Waals surface area contributed by atoms with Gasteiger partial charge in [-0.3, -0.25) is 9.59 Å². The Labute approximate surface area is 139 Å².